The lowest BCUT2D eigenvalue weighted by Gasteiger charge is -2.25. The Morgan fingerprint density at radius 3 is 2.44 bits per heavy atom. The summed E-state index contributed by atoms with van der Waals surface area (Å²) >= 11 is 0. The van der Waals surface area contributed by atoms with Crippen LogP contribution in [-0.4, -0.2) is 24.4 Å². The zero-order valence-electron chi connectivity index (χ0n) is 15.6. The number of amides is 2. The van der Waals surface area contributed by atoms with Crippen molar-refractivity contribution in [2.24, 2.45) is 11.8 Å². The van der Waals surface area contributed by atoms with Gasteiger partial charge < -0.3 is 10.6 Å². The van der Waals surface area contributed by atoms with Crippen molar-refractivity contribution in [3.63, 3.8) is 0 Å². The summed E-state index contributed by atoms with van der Waals surface area (Å²) in [5.74, 6) is 0.597. The average Bonchev–Trinajstić information content (AvgIpc) is 2.66. The van der Waals surface area contributed by atoms with Gasteiger partial charge in [0.05, 0.1) is 0 Å². The lowest BCUT2D eigenvalue weighted by Crippen LogP contribution is -2.50. The average molecular weight is 344 g/mol. The van der Waals surface area contributed by atoms with Crippen LogP contribution in [0.1, 0.15) is 69.2 Å². The van der Waals surface area contributed by atoms with Crippen molar-refractivity contribution in [1.82, 2.24) is 10.6 Å². The van der Waals surface area contributed by atoms with Gasteiger partial charge in [-0.15, -0.1) is 0 Å². The maximum absolute atomic E-state index is 12.6. The van der Waals surface area contributed by atoms with Gasteiger partial charge in [0.25, 0.3) is 5.91 Å². The first-order valence-corrected chi connectivity index (χ1v) is 9.75. The Morgan fingerprint density at radius 1 is 1.12 bits per heavy atom. The Kier molecular flexibility index (Phi) is 7.96. The third-order valence-corrected chi connectivity index (χ3v) is 5.39. The van der Waals surface area contributed by atoms with Crippen LogP contribution in [-0.2, 0) is 4.79 Å². The SMILES string of the molecule is CCC(C)C(NC(=O)c1ccccc1)C(=O)NCCC1CCCCC1. The molecule has 1 aliphatic rings. The Morgan fingerprint density at radius 2 is 1.80 bits per heavy atom. The van der Waals surface area contributed by atoms with E-state index in [4.69, 9.17) is 0 Å². The summed E-state index contributed by atoms with van der Waals surface area (Å²) in [5.41, 5.74) is 0.589. The number of nitrogens with one attached hydrogen (secondary N) is 2. The van der Waals surface area contributed by atoms with E-state index in [1.165, 1.54) is 32.1 Å². The summed E-state index contributed by atoms with van der Waals surface area (Å²) in [6, 6.07) is 8.59. The van der Waals surface area contributed by atoms with Gasteiger partial charge in [-0.1, -0.05) is 70.6 Å². The van der Waals surface area contributed by atoms with Gasteiger partial charge in [-0.05, 0) is 30.4 Å². The molecule has 2 amide bonds. The molecule has 1 aromatic rings. The van der Waals surface area contributed by atoms with E-state index in [2.05, 4.69) is 10.6 Å². The topological polar surface area (TPSA) is 58.2 Å². The second-order valence-electron chi connectivity index (χ2n) is 7.29. The predicted molar refractivity (Wildman–Crippen MR) is 101 cm³/mol. The van der Waals surface area contributed by atoms with E-state index >= 15 is 0 Å². The molecule has 2 unspecified atom stereocenters. The minimum absolute atomic E-state index is 0.0607. The summed E-state index contributed by atoms with van der Waals surface area (Å²) in [4.78, 5) is 25.0. The molecule has 0 aliphatic heterocycles. The van der Waals surface area contributed by atoms with Gasteiger partial charge in [0.1, 0.15) is 6.04 Å². The van der Waals surface area contributed by atoms with Crippen molar-refractivity contribution in [2.45, 2.75) is 64.8 Å². The maximum Gasteiger partial charge on any atom is 0.251 e. The molecule has 138 valence electrons. The molecule has 4 nitrogen and oxygen atoms in total. The van der Waals surface area contributed by atoms with Crippen LogP contribution in [0.25, 0.3) is 0 Å². The molecular weight excluding hydrogens is 312 g/mol. The van der Waals surface area contributed by atoms with E-state index in [0.717, 1.165) is 18.8 Å². The van der Waals surface area contributed by atoms with E-state index in [1.54, 1.807) is 12.1 Å². The fraction of sp³-hybridized carbons (Fsp3) is 0.619. The Bertz CT molecular complexity index is 538. The van der Waals surface area contributed by atoms with Crippen molar-refractivity contribution in [3.05, 3.63) is 35.9 Å². The number of rotatable bonds is 8. The molecule has 2 N–H and O–H groups in total. The first-order valence-electron chi connectivity index (χ1n) is 9.75. The van der Waals surface area contributed by atoms with Gasteiger partial charge in [-0.3, -0.25) is 9.59 Å². The molecule has 1 saturated carbocycles. The van der Waals surface area contributed by atoms with Crippen LogP contribution in [0.2, 0.25) is 0 Å². The summed E-state index contributed by atoms with van der Waals surface area (Å²) in [6.07, 6.45) is 8.46. The Labute approximate surface area is 151 Å². The quantitative estimate of drug-likeness (QED) is 0.751. The third kappa shape index (κ3) is 6.18. The fourth-order valence-corrected chi connectivity index (χ4v) is 3.50. The molecule has 0 bridgehead atoms. The van der Waals surface area contributed by atoms with E-state index in [0.29, 0.717) is 12.1 Å². The minimum Gasteiger partial charge on any atom is -0.354 e. The zero-order chi connectivity index (χ0) is 18.1. The Hall–Kier alpha value is -1.84. The highest BCUT2D eigenvalue weighted by Gasteiger charge is 2.26. The number of benzene rings is 1. The molecule has 0 spiro atoms. The van der Waals surface area contributed by atoms with Crippen LogP contribution in [0, 0.1) is 11.8 Å². The third-order valence-electron chi connectivity index (χ3n) is 5.39. The normalized spacial score (nSPS) is 17.5. The van der Waals surface area contributed by atoms with Crippen LogP contribution in [0.15, 0.2) is 30.3 Å². The Balaban J connectivity index is 1.87. The molecule has 2 rings (SSSR count). The van der Waals surface area contributed by atoms with Gasteiger partial charge >= 0.3 is 0 Å². The van der Waals surface area contributed by atoms with Crippen LogP contribution >= 0.6 is 0 Å². The van der Waals surface area contributed by atoms with Crippen LogP contribution < -0.4 is 10.6 Å². The van der Waals surface area contributed by atoms with Crippen molar-refractivity contribution in [3.8, 4) is 0 Å². The minimum atomic E-state index is -0.482. The van der Waals surface area contributed by atoms with Gasteiger partial charge in [-0.25, -0.2) is 0 Å². The summed E-state index contributed by atoms with van der Waals surface area (Å²) in [6.45, 7) is 4.76. The lowest BCUT2D eigenvalue weighted by molar-refractivity contribution is -0.124. The van der Waals surface area contributed by atoms with Crippen molar-refractivity contribution in [2.75, 3.05) is 6.54 Å². The summed E-state index contributed by atoms with van der Waals surface area (Å²) < 4.78 is 0. The molecule has 25 heavy (non-hydrogen) atoms. The van der Waals surface area contributed by atoms with Crippen molar-refractivity contribution < 1.29 is 9.59 Å². The molecule has 1 aromatic carbocycles. The highest BCUT2D eigenvalue weighted by molar-refractivity contribution is 5.97. The molecule has 0 saturated heterocycles. The number of hydrogen-bond acceptors (Lipinski definition) is 2. The zero-order valence-corrected chi connectivity index (χ0v) is 15.6. The largest absolute Gasteiger partial charge is 0.354 e. The highest BCUT2D eigenvalue weighted by Crippen LogP contribution is 2.25. The molecule has 4 heteroatoms. The molecule has 0 heterocycles. The van der Waals surface area contributed by atoms with Crippen molar-refractivity contribution >= 4 is 11.8 Å². The second kappa shape index (κ2) is 10.2. The number of carbonyl (C=O) groups excluding carboxylic acids is 2. The van der Waals surface area contributed by atoms with Gasteiger partial charge in [0.2, 0.25) is 5.91 Å². The van der Waals surface area contributed by atoms with E-state index < -0.39 is 6.04 Å². The van der Waals surface area contributed by atoms with Crippen LogP contribution in [0.3, 0.4) is 0 Å². The second-order valence-corrected chi connectivity index (χ2v) is 7.29. The molecule has 1 fully saturated rings. The van der Waals surface area contributed by atoms with Crippen LogP contribution in [0.5, 0.6) is 0 Å². The molecule has 1 aliphatic carbocycles. The monoisotopic (exact) mass is 344 g/mol. The highest BCUT2D eigenvalue weighted by atomic mass is 16.2. The fourth-order valence-electron chi connectivity index (χ4n) is 3.50. The molecule has 0 radical (unpaired) electrons. The first-order chi connectivity index (χ1) is 12.1. The maximum atomic E-state index is 12.6. The molecule has 2 atom stereocenters. The van der Waals surface area contributed by atoms with E-state index in [9.17, 15) is 9.59 Å². The summed E-state index contributed by atoms with van der Waals surface area (Å²) in [5, 5.41) is 5.97. The summed E-state index contributed by atoms with van der Waals surface area (Å²) in [7, 11) is 0. The van der Waals surface area contributed by atoms with Gasteiger partial charge in [0.15, 0.2) is 0 Å². The van der Waals surface area contributed by atoms with Crippen LogP contribution in [0.4, 0.5) is 0 Å². The number of hydrogen-bond donors (Lipinski definition) is 2. The van der Waals surface area contributed by atoms with Crippen molar-refractivity contribution in [1.29, 1.82) is 0 Å². The first kappa shape index (κ1) is 19.5. The molecular formula is C21H32N2O2. The lowest BCUT2D eigenvalue weighted by atomic mass is 9.87. The van der Waals surface area contributed by atoms with Gasteiger partial charge in [-0.2, -0.15) is 0 Å². The standard InChI is InChI=1S/C21H32N2O2/c1-3-16(2)19(23-20(24)18-12-8-5-9-13-18)21(25)22-15-14-17-10-6-4-7-11-17/h5,8-9,12-13,16-17,19H,3-4,6-7,10-11,14-15H2,1-2H3,(H,22,25)(H,23,24). The predicted octanol–water partition coefficient (Wildman–Crippen LogP) is 3.92. The van der Waals surface area contributed by atoms with E-state index in [1.807, 2.05) is 32.0 Å². The van der Waals surface area contributed by atoms with Gasteiger partial charge in [0, 0.05) is 12.1 Å². The van der Waals surface area contributed by atoms with E-state index in [-0.39, 0.29) is 17.7 Å². The molecule has 0 aromatic heterocycles. The number of carbonyl (C=O) groups is 2. The smallest absolute Gasteiger partial charge is 0.251 e.